The van der Waals surface area contributed by atoms with Crippen molar-refractivity contribution in [2.75, 3.05) is 5.75 Å². The molecule has 1 aromatic carbocycles. The monoisotopic (exact) mass is 295 g/mol. The third-order valence-corrected chi connectivity index (χ3v) is 3.97. The number of thioether (sulfide) groups is 1. The molecule has 0 fully saturated rings. The van der Waals surface area contributed by atoms with Crippen LogP contribution in [0.4, 0.5) is 0 Å². The summed E-state index contributed by atoms with van der Waals surface area (Å²) in [6.45, 7) is 5.85. The molecular formula is C15H21NO3S. The van der Waals surface area contributed by atoms with E-state index in [2.05, 4.69) is 5.32 Å². The summed E-state index contributed by atoms with van der Waals surface area (Å²) in [6.07, 6.45) is 0.441. The van der Waals surface area contributed by atoms with Gasteiger partial charge in [0.15, 0.2) is 0 Å². The van der Waals surface area contributed by atoms with Crippen molar-refractivity contribution in [3.63, 3.8) is 0 Å². The Balaban J connectivity index is 2.50. The van der Waals surface area contributed by atoms with Crippen LogP contribution in [-0.4, -0.2) is 28.8 Å². The van der Waals surface area contributed by atoms with Crippen LogP contribution in [-0.2, 0) is 9.59 Å². The van der Waals surface area contributed by atoms with Crippen LogP contribution >= 0.6 is 11.8 Å². The van der Waals surface area contributed by atoms with E-state index in [1.807, 2.05) is 45.0 Å². The summed E-state index contributed by atoms with van der Waals surface area (Å²) in [6, 6.07) is 7.00. The van der Waals surface area contributed by atoms with Crippen LogP contribution < -0.4 is 5.32 Å². The molecule has 0 aliphatic rings. The number of amides is 1. The highest BCUT2D eigenvalue weighted by Gasteiger charge is 2.20. The molecule has 4 nitrogen and oxygen atoms in total. The maximum absolute atomic E-state index is 11.8. The number of hydrogen-bond donors (Lipinski definition) is 2. The van der Waals surface area contributed by atoms with Gasteiger partial charge < -0.3 is 10.4 Å². The van der Waals surface area contributed by atoms with Crippen molar-refractivity contribution in [3.05, 3.63) is 29.8 Å². The van der Waals surface area contributed by atoms with E-state index in [9.17, 15) is 9.59 Å². The highest BCUT2D eigenvalue weighted by atomic mass is 32.2. The lowest BCUT2D eigenvalue weighted by molar-refractivity contribution is -0.141. The van der Waals surface area contributed by atoms with Crippen molar-refractivity contribution < 1.29 is 14.7 Å². The standard InChI is InChI=1S/C15H21NO3S/c1-10(2)8-12(15(18)19)16-14(17)9-20-13-7-5-4-6-11(13)3/h4-7,10,12H,8-9H2,1-3H3,(H,16,17)(H,18,19)/t12-/m1/s1. The van der Waals surface area contributed by atoms with Crippen molar-refractivity contribution in [2.45, 2.75) is 38.1 Å². The second kappa shape index (κ2) is 7.94. The molecule has 20 heavy (non-hydrogen) atoms. The van der Waals surface area contributed by atoms with Gasteiger partial charge in [-0.2, -0.15) is 0 Å². The van der Waals surface area contributed by atoms with Gasteiger partial charge in [0.25, 0.3) is 0 Å². The average molecular weight is 295 g/mol. The van der Waals surface area contributed by atoms with E-state index in [1.165, 1.54) is 11.8 Å². The Labute approximate surface area is 124 Å². The summed E-state index contributed by atoms with van der Waals surface area (Å²) in [5.41, 5.74) is 1.11. The number of rotatable bonds is 7. The molecule has 1 rings (SSSR count). The molecular weight excluding hydrogens is 274 g/mol. The zero-order chi connectivity index (χ0) is 15.1. The normalized spacial score (nSPS) is 12.2. The van der Waals surface area contributed by atoms with Gasteiger partial charge in [0.1, 0.15) is 6.04 Å². The van der Waals surface area contributed by atoms with Gasteiger partial charge >= 0.3 is 5.97 Å². The van der Waals surface area contributed by atoms with Gasteiger partial charge in [-0.15, -0.1) is 11.8 Å². The zero-order valence-electron chi connectivity index (χ0n) is 12.1. The molecule has 5 heteroatoms. The summed E-state index contributed by atoms with van der Waals surface area (Å²) >= 11 is 1.42. The van der Waals surface area contributed by atoms with E-state index in [4.69, 9.17) is 5.11 Å². The van der Waals surface area contributed by atoms with Crippen LogP contribution in [0.2, 0.25) is 0 Å². The van der Waals surface area contributed by atoms with Crippen LogP contribution in [0.5, 0.6) is 0 Å². The Hall–Kier alpha value is -1.49. The van der Waals surface area contributed by atoms with Crippen molar-refractivity contribution >= 4 is 23.6 Å². The number of carboxylic acid groups (broad SMARTS) is 1. The first kappa shape index (κ1) is 16.6. The Morgan fingerprint density at radius 2 is 1.95 bits per heavy atom. The third kappa shape index (κ3) is 5.65. The molecule has 0 saturated carbocycles. The van der Waals surface area contributed by atoms with Gasteiger partial charge in [-0.05, 0) is 30.9 Å². The van der Waals surface area contributed by atoms with Crippen LogP contribution in [0.3, 0.4) is 0 Å². The van der Waals surface area contributed by atoms with Gasteiger partial charge in [0, 0.05) is 4.90 Å². The number of aliphatic carboxylic acids is 1. The summed E-state index contributed by atoms with van der Waals surface area (Å²) in [5.74, 6) is -0.771. The Morgan fingerprint density at radius 1 is 1.30 bits per heavy atom. The van der Waals surface area contributed by atoms with Crippen LogP contribution in [0, 0.1) is 12.8 Å². The van der Waals surface area contributed by atoms with E-state index in [0.29, 0.717) is 6.42 Å². The van der Waals surface area contributed by atoms with E-state index in [1.54, 1.807) is 0 Å². The highest BCUT2D eigenvalue weighted by Crippen LogP contribution is 2.21. The zero-order valence-corrected chi connectivity index (χ0v) is 12.9. The van der Waals surface area contributed by atoms with Crippen molar-refractivity contribution in [3.8, 4) is 0 Å². The largest absolute Gasteiger partial charge is 0.480 e. The first-order chi connectivity index (χ1) is 9.40. The second-order valence-corrected chi connectivity index (χ2v) is 6.16. The van der Waals surface area contributed by atoms with E-state index in [-0.39, 0.29) is 17.6 Å². The van der Waals surface area contributed by atoms with Gasteiger partial charge in [-0.3, -0.25) is 4.79 Å². The molecule has 0 aromatic heterocycles. The van der Waals surface area contributed by atoms with Crippen LogP contribution in [0.25, 0.3) is 0 Å². The maximum atomic E-state index is 11.8. The number of aryl methyl sites for hydroxylation is 1. The molecule has 1 aromatic rings. The lowest BCUT2D eigenvalue weighted by Gasteiger charge is -2.16. The number of benzene rings is 1. The summed E-state index contributed by atoms with van der Waals surface area (Å²) in [5, 5.41) is 11.7. The third-order valence-electron chi connectivity index (χ3n) is 2.79. The molecule has 0 spiro atoms. The molecule has 1 amide bonds. The predicted molar refractivity (Wildman–Crippen MR) is 80.9 cm³/mol. The minimum absolute atomic E-state index is 0.223. The highest BCUT2D eigenvalue weighted by molar-refractivity contribution is 8.00. The summed E-state index contributed by atoms with van der Waals surface area (Å²) < 4.78 is 0. The maximum Gasteiger partial charge on any atom is 0.326 e. The fourth-order valence-electron chi connectivity index (χ4n) is 1.79. The molecule has 0 unspecified atom stereocenters. The molecule has 110 valence electrons. The minimum atomic E-state index is -0.979. The fraction of sp³-hybridized carbons (Fsp3) is 0.467. The van der Waals surface area contributed by atoms with Crippen molar-refractivity contribution in [1.82, 2.24) is 5.32 Å². The van der Waals surface area contributed by atoms with Gasteiger partial charge in [0.2, 0.25) is 5.91 Å². The molecule has 2 N–H and O–H groups in total. The van der Waals surface area contributed by atoms with E-state index in [0.717, 1.165) is 10.5 Å². The molecule has 0 bridgehead atoms. The lowest BCUT2D eigenvalue weighted by Crippen LogP contribution is -2.42. The topological polar surface area (TPSA) is 66.4 Å². The first-order valence-electron chi connectivity index (χ1n) is 6.60. The van der Waals surface area contributed by atoms with Gasteiger partial charge in [-0.1, -0.05) is 32.0 Å². The van der Waals surface area contributed by atoms with Crippen LogP contribution in [0.15, 0.2) is 29.2 Å². The van der Waals surface area contributed by atoms with Gasteiger partial charge in [0.05, 0.1) is 5.75 Å². The Morgan fingerprint density at radius 3 is 2.50 bits per heavy atom. The van der Waals surface area contributed by atoms with E-state index < -0.39 is 12.0 Å². The molecule has 0 aliphatic carbocycles. The number of carboxylic acids is 1. The first-order valence-corrected chi connectivity index (χ1v) is 7.59. The molecule has 0 saturated heterocycles. The summed E-state index contributed by atoms with van der Waals surface area (Å²) in [4.78, 5) is 23.9. The summed E-state index contributed by atoms with van der Waals surface area (Å²) in [7, 11) is 0. The Bertz CT molecular complexity index is 474. The Kier molecular flexibility index (Phi) is 6.58. The number of carbonyl (C=O) groups excluding carboxylic acids is 1. The molecule has 0 radical (unpaired) electrons. The smallest absolute Gasteiger partial charge is 0.326 e. The number of nitrogens with one attached hydrogen (secondary N) is 1. The molecule has 1 atom stereocenters. The molecule has 0 aliphatic heterocycles. The van der Waals surface area contributed by atoms with Crippen LogP contribution in [0.1, 0.15) is 25.8 Å². The average Bonchev–Trinajstić information content (AvgIpc) is 2.36. The second-order valence-electron chi connectivity index (χ2n) is 5.14. The van der Waals surface area contributed by atoms with Crippen molar-refractivity contribution in [2.24, 2.45) is 5.92 Å². The predicted octanol–water partition coefficient (Wildman–Crippen LogP) is 2.70. The number of hydrogen-bond acceptors (Lipinski definition) is 3. The fourth-order valence-corrected chi connectivity index (χ4v) is 2.63. The minimum Gasteiger partial charge on any atom is -0.480 e. The van der Waals surface area contributed by atoms with Crippen molar-refractivity contribution in [1.29, 1.82) is 0 Å². The SMILES string of the molecule is Cc1ccccc1SCC(=O)N[C@H](CC(C)C)C(=O)O. The van der Waals surface area contributed by atoms with Gasteiger partial charge in [-0.25, -0.2) is 4.79 Å². The number of carbonyl (C=O) groups is 2. The lowest BCUT2D eigenvalue weighted by atomic mass is 10.0. The molecule has 0 heterocycles. The van der Waals surface area contributed by atoms with E-state index >= 15 is 0 Å². The quantitative estimate of drug-likeness (QED) is 0.759.